The quantitative estimate of drug-likeness (QED) is 0.0231. The van der Waals surface area contributed by atoms with E-state index in [4.69, 9.17) is 79.4 Å². The van der Waals surface area contributed by atoms with Crippen LogP contribution in [-0.4, -0.2) is 88.5 Å². The molecule has 3 amide bonds. The Bertz CT molecular complexity index is 2400. The fourth-order valence-electron chi connectivity index (χ4n) is 10.6. The van der Waals surface area contributed by atoms with Crippen molar-refractivity contribution in [1.82, 2.24) is 16.0 Å². The minimum Gasteiger partial charge on any atom is -0.493 e. The van der Waals surface area contributed by atoms with Gasteiger partial charge in [0.05, 0.1) is 33.0 Å². The normalized spacial score (nSPS) is 14.1. The number of aryl methyl sites for hydroxylation is 1. The number of ether oxygens (including phenoxy) is 5. The van der Waals surface area contributed by atoms with E-state index in [9.17, 15) is 14.4 Å². The number of terminal acetylenes is 6. The van der Waals surface area contributed by atoms with Gasteiger partial charge in [-0.05, 0) is 208 Å². The summed E-state index contributed by atoms with van der Waals surface area (Å²) in [5, 5.41) is 9.94. The molecular formula is C73H98N6O8. The van der Waals surface area contributed by atoms with E-state index in [1.165, 1.54) is 0 Å². The van der Waals surface area contributed by atoms with Gasteiger partial charge in [-0.1, -0.05) is 6.42 Å². The number of amides is 3. The summed E-state index contributed by atoms with van der Waals surface area (Å²) in [6.45, 7) is 3.37. The van der Waals surface area contributed by atoms with Crippen molar-refractivity contribution in [3.05, 3.63) is 75.3 Å². The number of carbonyl (C=O) groups excluding carboxylic acids is 3. The highest BCUT2D eigenvalue weighted by molar-refractivity contribution is 5.97. The number of rotatable bonds is 45. The van der Waals surface area contributed by atoms with Crippen molar-refractivity contribution in [3.8, 4) is 103 Å². The molecule has 14 nitrogen and oxygen atoms in total. The molecule has 0 bridgehead atoms. The molecule has 468 valence electrons. The Balaban J connectivity index is 1.80. The molecule has 87 heavy (non-hydrogen) atoms. The summed E-state index contributed by atoms with van der Waals surface area (Å²) in [6.07, 6.45) is 53.2. The van der Waals surface area contributed by atoms with E-state index in [0.717, 1.165) is 119 Å². The second kappa shape index (κ2) is 43.9. The molecule has 4 rings (SSSR count). The lowest BCUT2D eigenvalue weighted by Crippen LogP contribution is -2.53. The van der Waals surface area contributed by atoms with Crippen molar-refractivity contribution < 1.29 is 38.1 Å². The molecule has 1 aliphatic rings. The third-order valence-electron chi connectivity index (χ3n) is 15.2. The maximum Gasteiger partial charge on any atom is 0.251 e. The Kier molecular flexibility index (Phi) is 36.2. The molecule has 1 saturated carbocycles. The van der Waals surface area contributed by atoms with Gasteiger partial charge in [0.25, 0.3) is 17.7 Å². The van der Waals surface area contributed by atoms with Crippen molar-refractivity contribution in [3.63, 3.8) is 0 Å². The summed E-state index contributed by atoms with van der Waals surface area (Å²) in [5.41, 5.74) is 22.9. The fourth-order valence-corrected chi connectivity index (χ4v) is 10.6. The van der Waals surface area contributed by atoms with Gasteiger partial charge in [-0.2, -0.15) is 0 Å². The van der Waals surface area contributed by atoms with E-state index in [0.29, 0.717) is 188 Å². The van der Waals surface area contributed by atoms with E-state index in [1.54, 1.807) is 24.3 Å². The second-order valence-electron chi connectivity index (χ2n) is 22.2. The minimum absolute atomic E-state index is 0.310. The average Bonchev–Trinajstić information content (AvgIpc) is 2.61. The van der Waals surface area contributed by atoms with Gasteiger partial charge < -0.3 is 56.8 Å². The zero-order chi connectivity index (χ0) is 62.7. The van der Waals surface area contributed by atoms with Gasteiger partial charge in [0.15, 0.2) is 0 Å². The van der Waals surface area contributed by atoms with E-state index in [1.807, 2.05) is 12.1 Å². The standard InChI is InChI=1S/C73H98N6O8/c1-7-13-19-25-26-35-56-47-57(48-66(63(56)36-32-39-74)83-42-27-20-14-8-2)71(80)77-60-53-61(78-72(81)58-49-67(84-43-28-21-15-9-3)64(37-33-40-75)68(50-58)85-44-29-22-16-10-4)55-62(54-60)79-73(82)59-51-69(86-45-30-23-17-11-5)65(38-34-41-76)70(52-59)87-46-31-24-18-12-6/h1-6,47-52,60-62H,13-46,53-55,74-76H2,(H,77,80)(H,78,81)(H,79,82)/t60?,61-,62?/m0/s1. The van der Waals surface area contributed by atoms with Crippen LogP contribution in [-0.2, 0) is 25.7 Å². The Morgan fingerprint density at radius 1 is 0.356 bits per heavy atom. The number of hydrogen-bond acceptors (Lipinski definition) is 11. The third-order valence-corrected chi connectivity index (χ3v) is 15.2. The van der Waals surface area contributed by atoms with E-state index < -0.39 is 18.1 Å². The maximum atomic E-state index is 14.9. The topological polar surface area (TPSA) is 212 Å². The molecule has 0 heterocycles. The lowest BCUT2D eigenvalue weighted by Gasteiger charge is -2.36. The molecule has 9 N–H and O–H groups in total. The largest absolute Gasteiger partial charge is 0.493 e. The van der Waals surface area contributed by atoms with Crippen molar-refractivity contribution in [2.45, 2.75) is 204 Å². The van der Waals surface area contributed by atoms with Crippen LogP contribution < -0.4 is 56.8 Å². The first kappa shape index (κ1) is 71.8. The molecule has 14 heteroatoms. The summed E-state index contributed by atoms with van der Waals surface area (Å²) in [4.78, 5) is 44.6. The smallest absolute Gasteiger partial charge is 0.251 e. The van der Waals surface area contributed by atoms with Crippen LogP contribution in [0.25, 0.3) is 0 Å². The molecule has 2 unspecified atom stereocenters. The summed E-state index contributed by atoms with van der Waals surface area (Å²) < 4.78 is 32.2. The van der Waals surface area contributed by atoms with Gasteiger partial charge in [-0.3, -0.25) is 14.4 Å². The van der Waals surface area contributed by atoms with Crippen LogP contribution in [0, 0.1) is 74.1 Å². The van der Waals surface area contributed by atoms with E-state index in [-0.39, 0.29) is 17.7 Å². The van der Waals surface area contributed by atoms with Crippen molar-refractivity contribution in [2.24, 2.45) is 17.2 Å². The first-order valence-electron chi connectivity index (χ1n) is 31.8. The number of nitrogens with two attached hydrogens (primary N) is 3. The molecule has 0 spiro atoms. The lowest BCUT2D eigenvalue weighted by atomic mass is 9.86. The second-order valence-corrected chi connectivity index (χ2v) is 22.2. The van der Waals surface area contributed by atoms with Crippen molar-refractivity contribution >= 4 is 17.7 Å². The van der Waals surface area contributed by atoms with Gasteiger partial charge in [-0.25, -0.2) is 0 Å². The highest BCUT2D eigenvalue weighted by Crippen LogP contribution is 2.36. The number of carbonyl (C=O) groups is 3. The molecule has 3 aromatic carbocycles. The van der Waals surface area contributed by atoms with Gasteiger partial charge in [0.2, 0.25) is 0 Å². The van der Waals surface area contributed by atoms with Crippen molar-refractivity contribution in [1.29, 1.82) is 0 Å². The Morgan fingerprint density at radius 2 is 0.621 bits per heavy atom. The Hall–Kier alpha value is -7.69. The number of hydrogen-bond donors (Lipinski definition) is 6. The summed E-state index contributed by atoms with van der Waals surface area (Å²) in [6, 6.07) is 9.27. The van der Waals surface area contributed by atoms with E-state index >= 15 is 0 Å². The lowest BCUT2D eigenvalue weighted by molar-refractivity contribution is 0.0869. The van der Waals surface area contributed by atoms with Gasteiger partial charge in [-0.15, -0.1) is 74.1 Å². The number of benzene rings is 3. The zero-order valence-corrected chi connectivity index (χ0v) is 51.8. The van der Waals surface area contributed by atoms with Crippen LogP contribution in [0.4, 0.5) is 0 Å². The Labute approximate surface area is 521 Å². The SMILES string of the molecule is C#CCCCCCc1cc(C(=O)NC2CC(NC(=O)c3cc(OCCCCC#C)c(CCCN)c(OCCCCC#C)c3)C[C@@H](NC(=O)c3cc(OCCCCC#C)c(CCCN)c(OCCCCC#C)c3)C2)cc(OCCCCC#C)c1CCCN. The summed E-state index contributed by atoms with van der Waals surface area (Å²) in [7, 11) is 0. The van der Waals surface area contributed by atoms with Crippen LogP contribution in [0.5, 0.6) is 28.7 Å². The predicted molar refractivity (Wildman–Crippen MR) is 351 cm³/mol. The van der Waals surface area contributed by atoms with Crippen LogP contribution in [0.15, 0.2) is 36.4 Å². The average molecular weight is 1190 g/mol. The van der Waals surface area contributed by atoms with Gasteiger partial charge in [0.1, 0.15) is 28.7 Å². The van der Waals surface area contributed by atoms with Crippen LogP contribution in [0.3, 0.4) is 0 Å². The van der Waals surface area contributed by atoms with Gasteiger partial charge >= 0.3 is 0 Å². The highest BCUT2D eigenvalue weighted by atomic mass is 16.5. The summed E-state index contributed by atoms with van der Waals surface area (Å²) in [5.74, 6) is 17.9. The molecule has 3 atom stereocenters. The Morgan fingerprint density at radius 3 is 0.908 bits per heavy atom. The van der Waals surface area contributed by atoms with Gasteiger partial charge in [0, 0.05) is 84.5 Å². The summed E-state index contributed by atoms with van der Waals surface area (Å²) >= 11 is 0. The molecule has 0 aliphatic heterocycles. The predicted octanol–water partition coefficient (Wildman–Crippen LogP) is 10.9. The molecule has 3 aromatic rings. The van der Waals surface area contributed by atoms with E-state index in [2.05, 4.69) is 51.5 Å². The zero-order valence-electron chi connectivity index (χ0n) is 51.8. The molecule has 0 aromatic heterocycles. The first-order chi connectivity index (χ1) is 42.6. The fraction of sp³-hybridized carbons (Fsp3) is 0.548. The monoisotopic (exact) mass is 1190 g/mol. The van der Waals surface area contributed by atoms with Crippen molar-refractivity contribution in [2.75, 3.05) is 52.7 Å². The van der Waals surface area contributed by atoms with Crippen LogP contribution in [0.1, 0.15) is 214 Å². The molecule has 0 saturated heterocycles. The molecular weight excluding hydrogens is 1090 g/mol. The number of nitrogens with one attached hydrogen (secondary N) is 3. The molecule has 1 aliphatic carbocycles. The first-order valence-corrected chi connectivity index (χ1v) is 31.8. The maximum absolute atomic E-state index is 14.9. The molecule has 1 fully saturated rings. The highest BCUT2D eigenvalue weighted by Gasteiger charge is 2.34. The molecule has 0 radical (unpaired) electrons. The number of unbranched alkanes of at least 4 members (excludes halogenated alkanes) is 13. The van der Waals surface area contributed by atoms with Crippen LogP contribution >= 0.6 is 0 Å². The third kappa shape index (κ3) is 26.9. The minimum atomic E-state index is -0.526. The van der Waals surface area contributed by atoms with Crippen LogP contribution in [0.2, 0.25) is 0 Å².